The summed E-state index contributed by atoms with van der Waals surface area (Å²) in [4.78, 5) is 33.3. The summed E-state index contributed by atoms with van der Waals surface area (Å²) in [6, 6.07) is 8.68. The number of anilines is 2. The summed E-state index contributed by atoms with van der Waals surface area (Å²) in [7, 11) is 0. The van der Waals surface area contributed by atoms with Crippen LogP contribution in [-0.4, -0.2) is 26.1 Å². The second-order valence-electron chi connectivity index (χ2n) is 6.11. The quantitative estimate of drug-likeness (QED) is 0.600. The largest absolute Gasteiger partial charge is 0.439 e. The molecule has 0 aliphatic carbocycles. The van der Waals surface area contributed by atoms with Crippen LogP contribution in [0.25, 0.3) is 0 Å². The first-order valence-electron chi connectivity index (χ1n) is 8.33. The zero-order valence-electron chi connectivity index (χ0n) is 15.0. The van der Waals surface area contributed by atoms with Crippen LogP contribution in [0.4, 0.5) is 11.8 Å². The molecule has 0 fully saturated rings. The average molecular weight is 368 g/mol. The van der Waals surface area contributed by atoms with E-state index in [2.05, 4.69) is 20.3 Å². The number of hydrogen-bond acceptors (Lipinski definition) is 7. The lowest BCUT2D eigenvalue weighted by Gasteiger charge is -2.10. The molecule has 0 atom stereocenters. The lowest BCUT2D eigenvalue weighted by atomic mass is 10.1. The summed E-state index contributed by atoms with van der Waals surface area (Å²) in [5.41, 5.74) is 7.08. The van der Waals surface area contributed by atoms with Crippen molar-refractivity contribution < 1.29 is 4.74 Å². The van der Waals surface area contributed by atoms with Crippen molar-refractivity contribution in [2.24, 2.45) is 0 Å². The molecule has 27 heavy (non-hydrogen) atoms. The van der Waals surface area contributed by atoms with E-state index < -0.39 is 11.2 Å². The molecule has 0 saturated carbocycles. The second-order valence-corrected chi connectivity index (χ2v) is 6.11. The second kappa shape index (κ2) is 7.73. The Morgan fingerprint density at radius 3 is 2.59 bits per heavy atom. The number of aromatic nitrogens is 4. The molecule has 0 aliphatic rings. The molecule has 2 heterocycles. The Bertz CT molecular complexity index is 1050. The number of rotatable bonds is 6. The van der Waals surface area contributed by atoms with Crippen molar-refractivity contribution in [3.05, 3.63) is 68.5 Å². The minimum atomic E-state index is -0.475. The van der Waals surface area contributed by atoms with Gasteiger partial charge in [0.2, 0.25) is 11.8 Å². The number of nitrogens with two attached hydrogens (primary N) is 1. The Hall–Kier alpha value is -3.62. The highest BCUT2D eigenvalue weighted by Gasteiger charge is 2.06. The molecule has 0 saturated heterocycles. The fraction of sp³-hybridized carbons (Fsp3) is 0.222. The van der Waals surface area contributed by atoms with E-state index in [1.54, 1.807) is 0 Å². The molecule has 0 spiro atoms. The lowest BCUT2D eigenvalue weighted by molar-refractivity contribution is 0.462. The highest BCUT2D eigenvalue weighted by Crippen LogP contribution is 2.24. The van der Waals surface area contributed by atoms with E-state index in [1.165, 1.54) is 22.9 Å². The Morgan fingerprint density at radius 2 is 1.89 bits per heavy atom. The molecule has 4 N–H and O–H groups in total. The van der Waals surface area contributed by atoms with Crippen LogP contribution in [0.5, 0.6) is 11.6 Å². The molecule has 9 heteroatoms. The molecule has 140 valence electrons. The van der Waals surface area contributed by atoms with E-state index in [0.29, 0.717) is 24.7 Å². The van der Waals surface area contributed by atoms with Gasteiger partial charge in [-0.05, 0) is 37.1 Å². The first kappa shape index (κ1) is 18.2. The fourth-order valence-electron chi connectivity index (χ4n) is 2.60. The number of nitrogens with zero attached hydrogens (tertiary/aromatic N) is 3. The van der Waals surface area contributed by atoms with Gasteiger partial charge in [0.1, 0.15) is 11.6 Å². The smallest absolute Gasteiger partial charge is 0.328 e. The van der Waals surface area contributed by atoms with Crippen LogP contribution in [0.3, 0.4) is 0 Å². The van der Waals surface area contributed by atoms with Crippen molar-refractivity contribution in [1.29, 1.82) is 0 Å². The van der Waals surface area contributed by atoms with Crippen LogP contribution >= 0.6 is 0 Å². The molecule has 3 aromatic rings. The molecule has 3 rings (SSSR count). The lowest BCUT2D eigenvalue weighted by Crippen LogP contribution is -2.30. The van der Waals surface area contributed by atoms with Crippen LogP contribution in [-0.2, 0) is 6.54 Å². The van der Waals surface area contributed by atoms with Crippen molar-refractivity contribution in [3.8, 4) is 11.6 Å². The van der Waals surface area contributed by atoms with Gasteiger partial charge in [-0.15, -0.1) is 0 Å². The Labute approximate surface area is 154 Å². The maximum atomic E-state index is 11.7. The van der Waals surface area contributed by atoms with Gasteiger partial charge in [0.25, 0.3) is 5.56 Å². The number of nitrogen functional groups attached to an aromatic ring is 1. The zero-order valence-corrected chi connectivity index (χ0v) is 15.0. The Morgan fingerprint density at radius 1 is 1.15 bits per heavy atom. The number of aryl methyl sites for hydroxylation is 2. The van der Waals surface area contributed by atoms with Gasteiger partial charge in [0.15, 0.2) is 0 Å². The molecule has 1 aromatic carbocycles. The number of aromatic amines is 1. The van der Waals surface area contributed by atoms with E-state index in [0.717, 1.165) is 11.1 Å². The molecular formula is C18H20N6O3. The zero-order chi connectivity index (χ0) is 19.4. The minimum absolute atomic E-state index is 0.257. The highest BCUT2D eigenvalue weighted by atomic mass is 16.5. The number of ether oxygens (including phenoxy) is 1. The first-order chi connectivity index (χ1) is 12.9. The number of hydrogen-bond donors (Lipinski definition) is 3. The van der Waals surface area contributed by atoms with Gasteiger partial charge in [-0.1, -0.05) is 6.07 Å². The fourth-order valence-corrected chi connectivity index (χ4v) is 2.60. The van der Waals surface area contributed by atoms with Crippen LogP contribution in [0.1, 0.15) is 11.1 Å². The minimum Gasteiger partial charge on any atom is -0.439 e. The molecule has 0 unspecified atom stereocenters. The van der Waals surface area contributed by atoms with E-state index in [1.807, 2.05) is 32.0 Å². The van der Waals surface area contributed by atoms with Gasteiger partial charge >= 0.3 is 5.69 Å². The van der Waals surface area contributed by atoms with Gasteiger partial charge in [0, 0.05) is 31.4 Å². The molecule has 9 nitrogen and oxygen atoms in total. The summed E-state index contributed by atoms with van der Waals surface area (Å²) < 4.78 is 7.16. The highest BCUT2D eigenvalue weighted by molar-refractivity contribution is 5.43. The van der Waals surface area contributed by atoms with Gasteiger partial charge in [0.05, 0.1) is 0 Å². The Balaban J connectivity index is 1.69. The van der Waals surface area contributed by atoms with Crippen molar-refractivity contribution in [1.82, 2.24) is 19.5 Å². The van der Waals surface area contributed by atoms with Crippen LogP contribution < -0.4 is 27.0 Å². The third kappa shape index (κ3) is 4.94. The molecular weight excluding hydrogens is 348 g/mol. The van der Waals surface area contributed by atoms with E-state index in [4.69, 9.17) is 10.5 Å². The van der Waals surface area contributed by atoms with Gasteiger partial charge < -0.3 is 15.8 Å². The van der Waals surface area contributed by atoms with Gasteiger partial charge in [-0.2, -0.15) is 9.97 Å². The predicted octanol–water partition coefficient (Wildman–Crippen LogP) is 1.43. The molecule has 0 radical (unpaired) electrons. The van der Waals surface area contributed by atoms with Crippen molar-refractivity contribution in [2.75, 3.05) is 17.6 Å². The number of nitrogens with one attached hydrogen (secondary N) is 2. The van der Waals surface area contributed by atoms with Crippen molar-refractivity contribution in [2.45, 2.75) is 20.4 Å². The van der Waals surface area contributed by atoms with Crippen LogP contribution in [0, 0.1) is 13.8 Å². The van der Waals surface area contributed by atoms with Crippen molar-refractivity contribution >= 4 is 11.8 Å². The first-order valence-corrected chi connectivity index (χ1v) is 8.33. The molecule has 0 bridgehead atoms. The average Bonchev–Trinajstić information content (AvgIpc) is 2.55. The maximum absolute atomic E-state index is 11.7. The summed E-state index contributed by atoms with van der Waals surface area (Å²) in [5.74, 6) is 1.52. The van der Waals surface area contributed by atoms with E-state index in [9.17, 15) is 9.59 Å². The number of benzene rings is 1. The van der Waals surface area contributed by atoms with E-state index in [-0.39, 0.29) is 11.8 Å². The summed E-state index contributed by atoms with van der Waals surface area (Å²) >= 11 is 0. The molecule has 2 aromatic heterocycles. The topological polar surface area (TPSA) is 128 Å². The normalized spacial score (nSPS) is 10.6. The predicted molar refractivity (Wildman–Crippen MR) is 102 cm³/mol. The third-order valence-electron chi connectivity index (χ3n) is 3.67. The molecule has 0 aliphatic heterocycles. The van der Waals surface area contributed by atoms with Gasteiger partial charge in [-0.25, -0.2) is 4.79 Å². The van der Waals surface area contributed by atoms with Gasteiger partial charge in [-0.3, -0.25) is 14.3 Å². The summed E-state index contributed by atoms with van der Waals surface area (Å²) in [5, 5.41) is 2.99. The molecule has 0 amide bonds. The number of H-pyrrole nitrogens is 1. The Kier molecular flexibility index (Phi) is 5.20. The van der Waals surface area contributed by atoms with Crippen LogP contribution in [0.2, 0.25) is 0 Å². The van der Waals surface area contributed by atoms with Crippen LogP contribution in [0.15, 0.2) is 46.1 Å². The standard InChI is InChI=1S/C18H20N6O3/c1-11-7-12(2)9-13(8-11)27-16-10-14(19)21-17(23-16)20-4-6-24-5-3-15(25)22-18(24)26/h3,5,7-10H,4,6H2,1-2H3,(H,22,25,26)(H3,19,20,21,23). The SMILES string of the molecule is Cc1cc(C)cc(Oc2cc(N)nc(NCCn3ccc(=O)[nH]c3=O)n2)c1. The summed E-state index contributed by atoms with van der Waals surface area (Å²) in [6.45, 7) is 4.65. The maximum Gasteiger partial charge on any atom is 0.328 e. The monoisotopic (exact) mass is 368 g/mol. The van der Waals surface area contributed by atoms with Crippen molar-refractivity contribution in [3.63, 3.8) is 0 Å². The third-order valence-corrected chi connectivity index (χ3v) is 3.67. The summed E-state index contributed by atoms with van der Waals surface area (Å²) in [6.07, 6.45) is 1.43. The van der Waals surface area contributed by atoms with E-state index >= 15 is 0 Å².